The summed E-state index contributed by atoms with van der Waals surface area (Å²) in [6.45, 7) is 5.53. The molecule has 0 aliphatic heterocycles. The van der Waals surface area contributed by atoms with Crippen LogP contribution in [-0.4, -0.2) is 0 Å². The fourth-order valence-electron chi connectivity index (χ4n) is 5.69. The number of rotatable bonds is 4. The predicted octanol–water partition coefficient (Wildman–Crippen LogP) is 11.4. The lowest BCUT2D eigenvalue weighted by Crippen LogP contribution is -2.33. The first kappa shape index (κ1) is 33.9. The van der Waals surface area contributed by atoms with E-state index >= 15 is 0 Å². The third-order valence-electron chi connectivity index (χ3n) is 7.35. The van der Waals surface area contributed by atoms with Crippen LogP contribution < -0.4 is 0 Å². The van der Waals surface area contributed by atoms with Crippen LogP contribution in [0.1, 0.15) is 66.8 Å². The van der Waals surface area contributed by atoms with E-state index in [0.29, 0.717) is 35.4 Å². The number of alkyl halides is 12. The number of benzene rings is 4. The zero-order valence-electron chi connectivity index (χ0n) is 24.0. The molecule has 0 aromatic heterocycles. The topological polar surface area (TPSA) is 0 Å². The van der Waals surface area contributed by atoms with Crippen molar-refractivity contribution in [3.63, 3.8) is 0 Å². The Kier molecular flexibility index (Phi) is 8.39. The van der Waals surface area contributed by atoms with E-state index in [1.165, 1.54) is 39.8 Å². The third-order valence-corrected chi connectivity index (χ3v) is 7.35. The number of halogens is 12. The summed E-state index contributed by atoms with van der Waals surface area (Å²) >= 11 is 0. The van der Waals surface area contributed by atoms with Gasteiger partial charge in [0.2, 0.25) is 0 Å². The molecule has 0 atom stereocenters. The summed E-state index contributed by atoms with van der Waals surface area (Å²) in [4.78, 5) is 0. The highest BCUT2D eigenvalue weighted by atomic mass is 19.4. The van der Waals surface area contributed by atoms with Gasteiger partial charge >= 0.3 is 24.7 Å². The van der Waals surface area contributed by atoms with E-state index in [9.17, 15) is 52.7 Å². The standard InChI is InChI=1S/C33H24F12/c1-17-5-18(2)7-21(6-17)29(22-8-19(3)10-25(12-22)30(34,35)36,23-9-20(4)11-26(13-23)31(37,38)39)24-14-27(32(40,41)42)16-28(15-24)33(43,44)45/h5-16H,1-4H3. The lowest BCUT2D eigenvalue weighted by Gasteiger charge is -2.39. The highest BCUT2D eigenvalue weighted by molar-refractivity contribution is 5.64. The van der Waals surface area contributed by atoms with Gasteiger partial charge in [0.25, 0.3) is 0 Å². The number of aryl methyl sites for hydroxylation is 4. The summed E-state index contributed by atoms with van der Waals surface area (Å²) in [5.74, 6) is 0. The summed E-state index contributed by atoms with van der Waals surface area (Å²) in [5, 5.41) is 0. The van der Waals surface area contributed by atoms with Crippen molar-refractivity contribution in [2.24, 2.45) is 0 Å². The Morgan fingerprint density at radius 2 is 0.444 bits per heavy atom. The number of hydrogen-bond donors (Lipinski definition) is 0. The van der Waals surface area contributed by atoms with Gasteiger partial charge in [-0.15, -0.1) is 0 Å². The van der Waals surface area contributed by atoms with E-state index in [-0.39, 0.29) is 22.8 Å². The summed E-state index contributed by atoms with van der Waals surface area (Å²) in [6.07, 6.45) is -20.8. The monoisotopic (exact) mass is 648 g/mol. The smallest absolute Gasteiger partial charge is 0.166 e. The SMILES string of the molecule is Cc1cc(C)cc(C(c2cc(C)cc(C(F)(F)F)c2)(c2cc(C)cc(C(F)(F)F)c2)c2cc(C(F)(F)F)cc(C(F)(F)F)c2)c1. The highest BCUT2D eigenvalue weighted by Gasteiger charge is 2.46. The van der Waals surface area contributed by atoms with Crippen molar-refractivity contribution in [1.29, 1.82) is 0 Å². The van der Waals surface area contributed by atoms with E-state index in [2.05, 4.69) is 0 Å². The van der Waals surface area contributed by atoms with Gasteiger partial charge in [-0.2, -0.15) is 52.7 Å². The molecule has 0 spiro atoms. The van der Waals surface area contributed by atoms with Crippen molar-refractivity contribution in [1.82, 2.24) is 0 Å². The van der Waals surface area contributed by atoms with Gasteiger partial charge < -0.3 is 0 Å². The first-order valence-electron chi connectivity index (χ1n) is 13.2. The quantitative estimate of drug-likeness (QED) is 0.153. The predicted molar refractivity (Wildman–Crippen MR) is 144 cm³/mol. The molecule has 0 aliphatic carbocycles. The van der Waals surface area contributed by atoms with Crippen molar-refractivity contribution >= 4 is 0 Å². The van der Waals surface area contributed by atoms with E-state index in [1.54, 1.807) is 6.07 Å². The molecule has 240 valence electrons. The summed E-state index contributed by atoms with van der Waals surface area (Å²) < 4.78 is 170. The molecular weight excluding hydrogens is 624 g/mol. The molecule has 0 unspecified atom stereocenters. The molecule has 0 amide bonds. The van der Waals surface area contributed by atoms with Crippen LogP contribution in [0.3, 0.4) is 0 Å². The molecule has 4 aromatic carbocycles. The normalized spacial score (nSPS) is 13.3. The third kappa shape index (κ3) is 6.84. The second kappa shape index (κ2) is 11.1. The zero-order valence-corrected chi connectivity index (χ0v) is 24.0. The van der Waals surface area contributed by atoms with E-state index in [4.69, 9.17) is 0 Å². The molecule has 0 nitrogen and oxygen atoms in total. The molecule has 0 bridgehead atoms. The van der Waals surface area contributed by atoms with Crippen LogP contribution in [0.5, 0.6) is 0 Å². The van der Waals surface area contributed by atoms with Gasteiger partial charge in [-0.3, -0.25) is 0 Å². The molecular formula is C33H24F12. The van der Waals surface area contributed by atoms with Crippen molar-refractivity contribution in [2.45, 2.75) is 57.8 Å². The molecule has 4 rings (SSSR count). The van der Waals surface area contributed by atoms with Crippen LogP contribution >= 0.6 is 0 Å². The minimum Gasteiger partial charge on any atom is -0.166 e. The molecule has 0 saturated heterocycles. The molecule has 0 aliphatic rings. The molecule has 12 heteroatoms. The lowest BCUT2D eigenvalue weighted by molar-refractivity contribution is -0.143. The van der Waals surface area contributed by atoms with Crippen LogP contribution in [0.2, 0.25) is 0 Å². The molecule has 45 heavy (non-hydrogen) atoms. The van der Waals surface area contributed by atoms with Crippen LogP contribution in [0.25, 0.3) is 0 Å². The molecule has 0 heterocycles. The maximum atomic E-state index is 14.2. The van der Waals surface area contributed by atoms with Crippen LogP contribution in [0, 0.1) is 27.7 Å². The maximum absolute atomic E-state index is 14.2. The molecule has 0 radical (unpaired) electrons. The van der Waals surface area contributed by atoms with E-state index in [0.717, 1.165) is 24.3 Å². The average Bonchev–Trinajstić information content (AvgIpc) is 2.86. The first-order valence-corrected chi connectivity index (χ1v) is 13.2. The minimum atomic E-state index is -5.36. The van der Waals surface area contributed by atoms with Crippen molar-refractivity contribution < 1.29 is 52.7 Å². The Balaban J connectivity index is 2.40. The highest BCUT2D eigenvalue weighted by Crippen LogP contribution is 2.51. The van der Waals surface area contributed by atoms with Gasteiger partial charge in [0, 0.05) is 0 Å². The fourth-order valence-corrected chi connectivity index (χ4v) is 5.69. The van der Waals surface area contributed by atoms with Gasteiger partial charge in [-0.25, -0.2) is 0 Å². The van der Waals surface area contributed by atoms with Gasteiger partial charge in [-0.05, 0) is 92.4 Å². The molecule has 4 aromatic rings. The maximum Gasteiger partial charge on any atom is 0.416 e. The Morgan fingerprint density at radius 3 is 0.733 bits per heavy atom. The second-order valence-electron chi connectivity index (χ2n) is 11.1. The van der Waals surface area contributed by atoms with Gasteiger partial charge in [0.05, 0.1) is 27.7 Å². The molecule has 0 saturated carbocycles. The van der Waals surface area contributed by atoms with Crippen molar-refractivity contribution in [3.8, 4) is 0 Å². The van der Waals surface area contributed by atoms with Crippen LogP contribution in [0.4, 0.5) is 52.7 Å². The lowest BCUT2D eigenvalue weighted by atomic mass is 9.63. The summed E-state index contributed by atoms with van der Waals surface area (Å²) in [6, 6.07) is 9.57. The fraction of sp³-hybridized carbons (Fsp3) is 0.273. The zero-order chi connectivity index (χ0) is 33.9. The van der Waals surface area contributed by atoms with Crippen molar-refractivity contribution in [3.05, 3.63) is 140 Å². The second-order valence-corrected chi connectivity index (χ2v) is 11.1. The van der Waals surface area contributed by atoms with Gasteiger partial charge in [-0.1, -0.05) is 52.6 Å². The van der Waals surface area contributed by atoms with Crippen LogP contribution in [0.15, 0.2) is 72.8 Å². The van der Waals surface area contributed by atoms with Crippen LogP contribution in [-0.2, 0) is 30.1 Å². The van der Waals surface area contributed by atoms with Crippen molar-refractivity contribution in [2.75, 3.05) is 0 Å². The Labute approximate surface area is 250 Å². The minimum absolute atomic E-state index is 0.0831. The van der Waals surface area contributed by atoms with Gasteiger partial charge in [0.15, 0.2) is 0 Å². The summed E-state index contributed by atoms with van der Waals surface area (Å²) in [5.41, 5.74) is -9.96. The van der Waals surface area contributed by atoms with E-state index < -0.39 is 69.1 Å². The van der Waals surface area contributed by atoms with E-state index in [1.807, 2.05) is 0 Å². The molecule has 0 N–H and O–H groups in total. The Morgan fingerprint density at radius 1 is 0.267 bits per heavy atom. The average molecular weight is 649 g/mol. The first-order chi connectivity index (χ1) is 20.4. The Hall–Kier alpha value is -3.96. The molecule has 0 fully saturated rings. The van der Waals surface area contributed by atoms with Gasteiger partial charge in [0.1, 0.15) is 0 Å². The largest absolute Gasteiger partial charge is 0.416 e. The summed E-state index contributed by atoms with van der Waals surface area (Å²) in [7, 11) is 0. The number of hydrogen-bond acceptors (Lipinski definition) is 0. The Bertz CT molecular complexity index is 1620.